The van der Waals surface area contributed by atoms with Gasteiger partial charge in [0.05, 0.1) is 17.1 Å². The third-order valence-corrected chi connectivity index (χ3v) is 5.95. The van der Waals surface area contributed by atoms with Crippen molar-refractivity contribution in [1.82, 2.24) is 20.3 Å². The molecule has 174 valence electrons. The minimum atomic E-state index is -1.32. The molecule has 0 spiro atoms. The molecule has 33 heavy (non-hydrogen) atoms. The largest absolute Gasteiger partial charge is 0.481 e. The van der Waals surface area contributed by atoms with Gasteiger partial charge >= 0.3 is 11.9 Å². The number of carbonyl (C=O) groups is 3. The Morgan fingerprint density at radius 1 is 1.27 bits per heavy atom. The van der Waals surface area contributed by atoms with Crippen molar-refractivity contribution in [2.45, 2.75) is 39.3 Å². The number of aromatic amines is 1. The Hall–Kier alpha value is -3.80. The first-order chi connectivity index (χ1) is 15.7. The summed E-state index contributed by atoms with van der Waals surface area (Å²) in [6, 6.07) is 4.12. The van der Waals surface area contributed by atoms with Crippen LogP contribution >= 0.6 is 11.3 Å². The molecule has 2 aromatic heterocycles. The van der Waals surface area contributed by atoms with Crippen molar-refractivity contribution in [3.63, 3.8) is 0 Å². The second-order valence-corrected chi connectivity index (χ2v) is 8.33. The Bertz CT molecular complexity index is 1250. The van der Waals surface area contributed by atoms with Gasteiger partial charge in [0.15, 0.2) is 5.01 Å². The topological polar surface area (TPSA) is 166 Å². The molecule has 0 aliphatic rings. The molecular weight excluding hydrogens is 450 g/mol. The molecule has 3 rings (SSSR count). The SMILES string of the molecule is CCN(Cc1ccc2nc(C)[nH]c(=O)c2c1)c1cnc(C(=O)N[C@H](CCC(=O)O)C(=O)O)s1. The van der Waals surface area contributed by atoms with Crippen LogP contribution < -0.4 is 15.8 Å². The second kappa shape index (κ2) is 10.2. The van der Waals surface area contributed by atoms with Gasteiger partial charge in [-0.05, 0) is 38.0 Å². The van der Waals surface area contributed by atoms with E-state index in [9.17, 15) is 24.3 Å². The Kier molecular flexibility index (Phi) is 7.38. The predicted octanol–water partition coefficient (Wildman–Crippen LogP) is 1.76. The Labute approximate surface area is 192 Å². The number of anilines is 1. The van der Waals surface area contributed by atoms with Crippen molar-refractivity contribution in [2.75, 3.05) is 11.4 Å². The molecule has 1 aromatic carbocycles. The Morgan fingerprint density at radius 3 is 2.70 bits per heavy atom. The van der Waals surface area contributed by atoms with Crippen LogP contribution in [-0.2, 0) is 16.1 Å². The number of amides is 1. The minimum Gasteiger partial charge on any atom is -0.481 e. The summed E-state index contributed by atoms with van der Waals surface area (Å²) in [4.78, 5) is 59.8. The van der Waals surface area contributed by atoms with Crippen LogP contribution in [0.25, 0.3) is 10.9 Å². The Balaban J connectivity index is 1.74. The van der Waals surface area contributed by atoms with Crippen molar-refractivity contribution in [3.05, 3.63) is 51.1 Å². The number of rotatable bonds is 10. The summed E-state index contributed by atoms with van der Waals surface area (Å²) < 4.78 is 0. The molecule has 3 aromatic rings. The van der Waals surface area contributed by atoms with E-state index in [1.54, 1.807) is 19.1 Å². The molecule has 0 aliphatic carbocycles. The van der Waals surface area contributed by atoms with Gasteiger partial charge in [-0.25, -0.2) is 14.8 Å². The molecule has 0 aliphatic heterocycles. The maximum atomic E-state index is 12.5. The molecular formula is C21H23N5O6S. The first-order valence-corrected chi connectivity index (χ1v) is 11.0. The highest BCUT2D eigenvalue weighted by molar-refractivity contribution is 7.17. The number of hydrogen-bond acceptors (Lipinski definition) is 8. The third kappa shape index (κ3) is 5.92. The number of nitrogens with zero attached hydrogens (tertiary/aromatic N) is 3. The highest BCUT2D eigenvalue weighted by Crippen LogP contribution is 2.25. The fraction of sp³-hybridized carbons (Fsp3) is 0.333. The zero-order valence-electron chi connectivity index (χ0n) is 18.0. The summed E-state index contributed by atoms with van der Waals surface area (Å²) in [5, 5.41) is 21.5. The minimum absolute atomic E-state index is 0.0691. The first kappa shape index (κ1) is 23.9. The molecule has 0 bridgehead atoms. The van der Waals surface area contributed by atoms with Crippen molar-refractivity contribution in [1.29, 1.82) is 0 Å². The van der Waals surface area contributed by atoms with Gasteiger partial charge in [0.1, 0.15) is 16.9 Å². The number of hydrogen-bond donors (Lipinski definition) is 4. The molecule has 4 N–H and O–H groups in total. The highest BCUT2D eigenvalue weighted by atomic mass is 32.1. The van der Waals surface area contributed by atoms with E-state index in [4.69, 9.17) is 5.11 Å². The van der Waals surface area contributed by atoms with Crippen LogP contribution in [0.15, 0.2) is 29.2 Å². The van der Waals surface area contributed by atoms with Gasteiger partial charge < -0.3 is 25.4 Å². The number of H-pyrrole nitrogens is 1. The fourth-order valence-electron chi connectivity index (χ4n) is 3.23. The van der Waals surface area contributed by atoms with E-state index in [0.29, 0.717) is 34.8 Å². The molecule has 1 amide bonds. The van der Waals surface area contributed by atoms with Gasteiger partial charge in [0, 0.05) is 19.5 Å². The number of aromatic nitrogens is 3. The van der Waals surface area contributed by atoms with Gasteiger partial charge in [-0.2, -0.15) is 0 Å². The van der Waals surface area contributed by atoms with E-state index < -0.39 is 23.9 Å². The number of thiazole rings is 1. The average molecular weight is 474 g/mol. The normalized spacial score (nSPS) is 11.8. The smallest absolute Gasteiger partial charge is 0.326 e. The van der Waals surface area contributed by atoms with E-state index in [0.717, 1.165) is 16.9 Å². The van der Waals surface area contributed by atoms with E-state index in [1.807, 2.05) is 17.9 Å². The summed E-state index contributed by atoms with van der Waals surface area (Å²) in [5.41, 5.74) is 1.27. The number of carboxylic acids is 2. The lowest BCUT2D eigenvalue weighted by atomic mass is 10.1. The van der Waals surface area contributed by atoms with Gasteiger partial charge in [0.25, 0.3) is 11.5 Å². The van der Waals surface area contributed by atoms with E-state index in [2.05, 4.69) is 20.3 Å². The van der Waals surface area contributed by atoms with Crippen LogP contribution in [0.5, 0.6) is 0 Å². The average Bonchev–Trinajstić information content (AvgIpc) is 3.25. The maximum Gasteiger partial charge on any atom is 0.326 e. The zero-order valence-corrected chi connectivity index (χ0v) is 18.8. The third-order valence-electron chi connectivity index (χ3n) is 4.89. The van der Waals surface area contributed by atoms with Gasteiger partial charge in [0.2, 0.25) is 0 Å². The van der Waals surface area contributed by atoms with Crippen molar-refractivity contribution < 1.29 is 24.6 Å². The molecule has 0 saturated carbocycles. The number of fused-ring (bicyclic) bond motifs is 1. The summed E-state index contributed by atoms with van der Waals surface area (Å²) in [6.45, 7) is 4.71. The summed E-state index contributed by atoms with van der Waals surface area (Å²) >= 11 is 1.09. The molecule has 1 atom stereocenters. The number of aliphatic carboxylic acids is 2. The predicted molar refractivity (Wildman–Crippen MR) is 122 cm³/mol. The van der Waals surface area contributed by atoms with Crippen LogP contribution in [0.3, 0.4) is 0 Å². The van der Waals surface area contributed by atoms with Crippen LogP contribution in [-0.4, -0.2) is 55.6 Å². The van der Waals surface area contributed by atoms with Crippen molar-refractivity contribution >= 4 is 45.1 Å². The van der Waals surface area contributed by atoms with Gasteiger partial charge in [-0.3, -0.25) is 14.4 Å². The standard InChI is InChI=1S/C21H23N5O6S/c1-3-26(10-12-4-5-14-13(8-12)18(29)24-11(2)23-14)16-9-22-20(33-16)19(30)25-15(21(31)32)6-7-17(27)28/h4-5,8-9,15H,3,6-7,10H2,1-2H3,(H,25,30)(H,27,28)(H,31,32)(H,23,24,29)/t15-/m1/s1. The molecule has 11 nitrogen and oxygen atoms in total. The summed E-state index contributed by atoms with van der Waals surface area (Å²) in [5.74, 6) is -2.60. The molecule has 0 saturated heterocycles. The van der Waals surface area contributed by atoms with Crippen molar-refractivity contribution in [2.24, 2.45) is 0 Å². The highest BCUT2D eigenvalue weighted by Gasteiger charge is 2.23. The van der Waals surface area contributed by atoms with Crippen LogP contribution in [0, 0.1) is 6.92 Å². The zero-order chi connectivity index (χ0) is 24.1. The summed E-state index contributed by atoms with van der Waals surface area (Å²) in [7, 11) is 0. The van der Waals surface area contributed by atoms with Crippen LogP contribution in [0.4, 0.5) is 5.00 Å². The quantitative estimate of drug-likeness (QED) is 0.343. The number of benzene rings is 1. The number of carboxylic acid groups (broad SMARTS) is 2. The van der Waals surface area contributed by atoms with E-state index in [1.165, 1.54) is 6.20 Å². The molecule has 0 radical (unpaired) electrons. The van der Waals surface area contributed by atoms with E-state index in [-0.39, 0.29) is 23.4 Å². The number of aryl methyl sites for hydroxylation is 1. The molecule has 0 fully saturated rings. The van der Waals surface area contributed by atoms with Gasteiger partial charge in [-0.15, -0.1) is 0 Å². The fourth-order valence-corrected chi connectivity index (χ4v) is 4.11. The molecule has 12 heteroatoms. The lowest BCUT2D eigenvalue weighted by molar-refractivity contribution is -0.140. The maximum absolute atomic E-state index is 12.5. The second-order valence-electron chi connectivity index (χ2n) is 7.32. The number of carbonyl (C=O) groups excluding carboxylic acids is 1. The molecule has 2 heterocycles. The van der Waals surface area contributed by atoms with Crippen LogP contribution in [0.1, 0.15) is 41.0 Å². The van der Waals surface area contributed by atoms with Crippen LogP contribution in [0.2, 0.25) is 0 Å². The Morgan fingerprint density at radius 2 is 2.03 bits per heavy atom. The number of nitrogens with one attached hydrogen (secondary N) is 2. The van der Waals surface area contributed by atoms with Gasteiger partial charge in [-0.1, -0.05) is 17.4 Å². The monoisotopic (exact) mass is 473 g/mol. The van der Waals surface area contributed by atoms with Crippen molar-refractivity contribution in [3.8, 4) is 0 Å². The lowest BCUT2D eigenvalue weighted by Gasteiger charge is -2.20. The van der Waals surface area contributed by atoms with E-state index >= 15 is 0 Å². The molecule has 0 unspecified atom stereocenters. The lowest BCUT2D eigenvalue weighted by Crippen LogP contribution is -2.41. The first-order valence-electron chi connectivity index (χ1n) is 10.1. The summed E-state index contributed by atoms with van der Waals surface area (Å²) in [6.07, 6.45) is 0.910.